The Morgan fingerprint density at radius 1 is 1.21 bits per heavy atom. The third-order valence-corrected chi connectivity index (χ3v) is 3.14. The quantitative estimate of drug-likeness (QED) is 0.622. The molecule has 0 aromatic heterocycles. The van der Waals surface area contributed by atoms with Gasteiger partial charge >= 0.3 is 6.98 Å². The molecule has 1 aliphatic heterocycles. The number of benzene rings is 1. The second kappa shape index (κ2) is 5.82. The lowest BCUT2D eigenvalue weighted by atomic mass is 9.79. The van der Waals surface area contributed by atoms with Gasteiger partial charge in [0.15, 0.2) is 0 Å². The number of rotatable bonds is 4. The van der Waals surface area contributed by atoms with Gasteiger partial charge in [-0.15, -0.1) is 0 Å². The Kier molecular flexibility index (Phi) is 4.34. The van der Waals surface area contributed by atoms with Crippen LogP contribution in [0.3, 0.4) is 0 Å². The van der Waals surface area contributed by atoms with E-state index in [0.717, 1.165) is 31.0 Å². The minimum atomic E-state index is -5.20. The molecule has 0 spiro atoms. The van der Waals surface area contributed by atoms with Crippen LogP contribution >= 0.6 is 0 Å². The second-order valence-electron chi connectivity index (χ2n) is 4.62. The summed E-state index contributed by atoms with van der Waals surface area (Å²) >= 11 is 0. The Hall–Kier alpha value is -1.24. The number of ether oxygens (including phenoxy) is 2. The van der Waals surface area contributed by atoms with Crippen molar-refractivity contribution in [1.29, 1.82) is 0 Å². The van der Waals surface area contributed by atoms with Crippen LogP contribution in [0.1, 0.15) is 12.8 Å². The van der Waals surface area contributed by atoms with Crippen molar-refractivity contribution in [2.45, 2.75) is 12.8 Å². The van der Waals surface area contributed by atoms with E-state index in [1.807, 2.05) is 0 Å². The summed E-state index contributed by atoms with van der Waals surface area (Å²) in [6, 6.07) is 2.32. The summed E-state index contributed by atoms with van der Waals surface area (Å²) in [5, 5.41) is 0. The summed E-state index contributed by atoms with van der Waals surface area (Å²) in [6.07, 6.45) is 1.50. The van der Waals surface area contributed by atoms with E-state index in [0.29, 0.717) is 13.2 Å². The highest BCUT2D eigenvalue weighted by Gasteiger charge is 2.29. The molecule has 1 aliphatic rings. The molecule has 2 rings (SSSR count). The first-order chi connectivity index (χ1) is 8.97. The average molecular weight is 277 g/mol. The number of halogens is 4. The smallest absolute Gasteiger partial charge is 0.496 e. The fraction of sp³-hybridized carbons (Fsp3) is 0.500. The minimum absolute atomic E-state index is 0.158. The Morgan fingerprint density at radius 2 is 1.89 bits per heavy atom. The van der Waals surface area contributed by atoms with E-state index in [9.17, 15) is 17.3 Å². The first-order valence-electron chi connectivity index (χ1n) is 6.17. The molecule has 0 saturated carbocycles. The Balaban J connectivity index is 2.07. The van der Waals surface area contributed by atoms with Crippen molar-refractivity contribution in [2.24, 2.45) is 5.92 Å². The highest BCUT2D eigenvalue weighted by Crippen LogP contribution is 2.21. The highest BCUT2D eigenvalue weighted by molar-refractivity contribution is 6.74. The van der Waals surface area contributed by atoms with E-state index < -0.39 is 24.0 Å². The summed E-state index contributed by atoms with van der Waals surface area (Å²) in [5.41, 5.74) is -0.881. The molecular weight excluding hydrogens is 263 g/mol. The van der Waals surface area contributed by atoms with Crippen molar-refractivity contribution in [3.63, 3.8) is 0 Å². The molecule has 0 unspecified atom stereocenters. The van der Waals surface area contributed by atoms with Crippen LogP contribution in [0.2, 0.25) is 0 Å². The second-order valence-corrected chi connectivity index (χ2v) is 4.62. The Bertz CT molecular complexity index is 430. The molecule has 1 aromatic rings. The molecule has 1 aromatic carbocycles. The van der Waals surface area contributed by atoms with Crippen molar-refractivity contribution in [3.05, 3.63) is 24.0 Å². The lowest BCUT2D eigenvalue weighted by molar-refractivity contribution is 0.0498. The fourth-order valence-electron chi connectivity index (χ4n) is 2.02. The van der Waals surface area contributed by atoms with Crippen LogP contribution in [0.5, 0.6) is 5.75 Å². The van der Waals surface area contributed by atoms with Gasteiger partial charge in [0.2, 0.25) is 0 Å². The highest BCUT2D eigenvalue weighted by atomic mass is 19.4. The molecule has 0 N–H and O–H groups in total. The van der Waals surface area contributed by atoms with Crippen LogP contribution in [0.4, 0.5) is 17.3 Å². The maximum absolute atomic E-state index is 13.0. The zero-order valence-electron chi connectivity index (χ0n) is 10.3. The molecule has 1 fully saturated rings. The van der Waals surface area contributed by atoms with Crippen LogP contribution in [0.25, 0.3) is 0 Å². The van der Waals surface area contributed by atoms with Crippen molar-refractivity contribution < 1.29 is 26.8 Å². The number of hydrogen-bond donors (Lipinski definition) is 0. The molecule has 0 bridgehead atoms. The molecule has 0 radical (unpaired) electrons. The van der Waals surface area contributed by atoms with Gasteiger partial charge in [-0.3, -0.25) is 0 Å². The molecule has 1 saturated heterocycles. The van der Waals surface area contributed by atoms with E-state index in [1.54, 1.807) is 0 Å². The van der Waals surface area contributed by atoms with E-state index in [4.69, 9.17) is 9.47 Å². The average Bonchev–Trinajstić information content (AvgIpc) is 2.36. The molecule has 106 valence electrons. The van der Waals surface area contributed by atoms with Gasteiger partial charge in [0, 0.05) is 19.3 Å². The molecular formula is C12H14BF4O2-. The molecule has 7 heteroatoms. The van der Waals surface area contributed by atoms with Crippen molar-refractivity contribution in [3.8, 4) is 5.75 Å². The van der Waals surface area contributed by atoms with Crippen molar-refractivity contribution in [2.75, 3.05) is 19.8 Å². The summed E-state index contributed by atoms with van der Waals surface area (Å²) in [4.78, 5) is 0. The van der Waals surface area contributed by atoms with Gasteiger partial charge in [0.05, 0.1) is 12.4 Å². The zero-order chi connectivity index (χ0) is 13.9. The number of hydrogen-bond acceptors (Lipinski definition) is 2. The van der Waals surface area contributed by atoms with Crippen LogP contribution in [-0.2, 0) is 4.74 Å². The lowest BCUT2D eigenvalue weighted by Gasteiger charge is -2.24. The van der Waals surface area contributed by atoms with E-state index in [-0.39, 0.29) is 12.5 Å². The molecule has 0 atom stereocenters. The summed E-state index contributed by atoms with van der Waals surface area (Å²) < 4.78 is 61.7. The van der Waals surface area contributed by atoms with Crippen molar-refractivity contribution in [1.82, 2.24) is 0 Å². The Morgan fingerprint density at radius 3 is 2.53 bits per heavy atom. The normalized spacial score (nSPS) is 17.5. The van der Waals surface area contributed by atoms with Crippen LogP contribution in [0.15, 0.2) is 18.2 Å². The fourth-order valence-corrected chi connectivity index (χ4v) is 2.02. The van der Waals surface area contributed by atoms with Gasteiger partial charge in [-0.1, -0.05) is 11.5 Å². The van der Waals surface area contributed by atoms with E-state index in [2.05, 4.69) is 0 Å². The third kappa shape index (κ3) is 3.86. The summed E-state index contributed by atoms with van der Waals surface area (Å²) in [6.45, 7) is -3.86. The summed E-state index contributed by atoms with van der Waals surface area (Å²) in [7, 11) is 0. The third-order valence-electron chi connectivity index (χ3n) is 3.14. The summed E-state index contributed by atoms with van der Waals surface area (Å²) in [5.74, 6) is -0.990. The van der Waals surface area contributed by atoms with E-state index >= 15 is 0 Å². The van der Waals surface area contributed by atoms with E-state index in [1.165, 1.54) is 0 Å². The first kappa shape index (κ1) is 14.2. The van der Waals surface area contributed by atoms with Gasteiger partial charge < -0.3 is 22.4 Å². The lowest BCUT2D eigenvalue weighted by Crippen LogP contribution is -2.36. The predicted octanol–water partition coefficient (Wildman–Crippen LogP) is 2.69. The van der Waals surface area contributed by atoms with Crippen LogP contribution < -0.4 is 10.2 Å². The van der Waals surface area contributed by atoms with Crippen LogP contribution in [0, 0.1) is 11.7 Å². The topological polar surface area (TPSA) is 18.5 Å². The van der Waals surface area contributed by atoms with Gasteiger partial charge in [0.25, 0.3) is 0 Å². The molecule has 0 amide bonds. The largest absolute Gasteiger partial charge is 0.513 e. The van der Waals surface area contributed by atoms with Gasteiger partial charge in [0.1, 0.15) is 5.82 Å². The van der Waals surface area contributed by atoms with Gasteiger partial charge in [-0.05, 0) is 24.8 Å². The molecule has 19 heavy (non-hydrogen) atoms. The van der Waals surface area contributed by atoms with Gasteiger partial charge in [-0.2, -0.15) is 0 Å². The standard InChI is InChI=1S/C12H14BF4O2/c14-10-1-2-11(13(15,16)17)12(7-10)19-8-9-3-5-18-6-4-9/h1-2,7,9H,3-6,8H2/q-1. The molecule has 2 nitrogen and oxygen atoms in total. The Labute approximate surface area is 108 Å². The zero-order valence-corrected chi connectivity index (χ0v) is 10.3. The van der Waals surface area contributed by atoms with Gasteiger partial charge in [-0.25, -0.2) is 4.39 Å². The molecule has 1 heterocycles. The molecule has 0 aliphatic carbocycles. The van der Waals surface area contributed by atoms with Crippen LogP contribution in [-0.4, -0.2) is 26.8 Å². The minimum Gasteiger partial charge on any atom is -0.496 e. The van der Waals surface area contributed by atoms with Crippen molar-refractivity contribution >= 4 is 12.4 Å². The maximum Gasteiger partial charge on any atom is 0.513 e. The maximum atomic E-state index is 13.0. The predicted molar refractivity (Wildman–Crippen MR) is 64.2 cm³/mol. The first-order valence-corrected chi connectivity index (χ1v) is 6.17. The SMILES string of the molecule is Fc1ccc([B-](F)(F)F)c(OCC2CCOCC2)c1. The monoisotopic (exact) mass is 277 g/mol.